The van der Waals surface area contributed by atoms with Crippen LogP contribution in [-0.2, 0) is 4.79 Å². The Morgan fingerprint density at radius 1 is 1.43 bits per heavy atom. The molecule has 3 heterocycles. The van der Waals surface area contributed by atoms with Gasteiger partial charge in [0.05, 0.1) is 11.6 Å². The van der Waals surface area contributed by atoms with Gasteiger partial charge in [0, 0.05) is 24.5 Å². The molecule has 1 fully saturated rings. The lowest BCUT2D eigenvalue weighted by Crippen LogP contribution is -2.54. The van der Waals surface area contributed by atoms with Crippen molar-refractivity contribution >= 4 is 28.3 Å². The van der Waals surface area contributed by atoms with Crippen molar-refractivity contribution < 1.29 is 14.1 Å². The van der Waals surface area contributed by atoms with Crippen molar-refractivity contribution in [2.45, 2.75) is 13.8 Å². The topological polar surface area (TPSA) is 88.3 Å². The molecule has 1 N–H and O–H groups in total. The van der Waals surface area contributed by atoms with E-state index in [9.17, 15) is 9.59 Å². The van der Waals surface area contributed by atoms with Gasteiger partial charge < -0.3 is 14.7 Å². The smallest absolute Gasteiger partial charge is 0.276 e. The summed E-state index contributed by atoms with van der Waals surface area (Å²) in [5.74, 6) is 0.0733. The van der Waals surface area contributed by atoms with Gasteiger partial charge in [0.2, 0.25) is 5.91 Å². The standard InChI is InChI=1S/C13H14N4O3S/c1-7-6-21-13(14-7)15-11(18)9-4-17(5-9)12(19)10-3-8(2)20-16-10/h3,6,9H,4-5H2,1-2H3,(H,14,15,18). The van der Waals surface area contributed by atoms with Crippen molar-refractivity contribution in [2.75, 3.05) is 18.4 Å². The fraction of sp³-hybridized carbons (Fsp3) is 0.385. The van der Waals surface area contributed by atoms with Crippen molar-refractivity contribution in [3.63, 3.8) is 0 Å². The monoisotopic (exact) mass is 306 g/mol. The second-order valence-electron chi connectivity index (χ2n) is 5.01. The molecule has 0 aliphatic carbocycles. The van der Waals surface area contributed by atoms with Gasteiger partial charge in [0.25, 0.3) is 5.91 Å². The number of rotatable bonds is 3. The summed E-state index contributed by atoms with van der Waals surface area (Å²) in [5, 5.41) is 8.91. The molecule has 2 aromatic heterocycles. The third-order valence-electron chi connectivity index (χ3n) is 3.24. The molecule has 2 aromatic rings. The second kappa shape index (κ2) is 5.28. The summed E-state index contributed by atoms with van der Waals surface area (Å²) in [6.45, 7) is 4.38. The Hall–Kier alpha value is -2.22. The zero-order valence-corrected chi connectivity index (χ0v) is 12.4. The van der Waals surface area contributed by atoms with E-state index in [4.69, 9.17) is 4.52 Å². The molecule has 0 aromatic carbocycles. The molecule has 0 atom stereocenters. The number of aryl methyl sites for hydroxylation is 2. The summed E-state index contributed by atoms with van der Waals surface area (Å²) in [4.78, 5) is 29.8. The highest BCUT2D eigenvalue weighted by Crippen LogP contribution is 2.22. The normalized spacial score (nSPS) is 14.9. The fourth-order valence-corrected chi connectivity index (χ4v) is 2.75. The first-order valence-corrected chi connectivity index (χ1v) is 7.36. The summed E-state index contributed by atoms with van der Waals surface area (Å²) in [6.07, 6.45) is 0. The lowest BCUT2D eigenvalue weighted by atomic mass is 9.99. The minimum Gasteiger partial charge on any atom is -0.361 e. The average molecular weight is 306 g/mol. The summed E-state index contributed by atoms with van der Waals surface area (Å²) in [5.41, 5.74) is 1.16. The van der Waals surface area contributed by atoms with Crippen molar-refractivity contribution in [3.8, 4) is 0 Å². The molecule has 0 bridgehead atoms. The molecular formula is C13H14N4O3S. The summed E-state index contributed by atoms with van der Waals surface area (Å²) >= 11 is 1.39. The van der Waals surface area contributed by atoms with E-state index < -0.39 is 0 Å². The van der Waals surface area contributed by atoms with E-state index >= 15 is 0 Å². The zero-order chi connectivity index (χ0) is 15.0. The number of aromatic nitrogens is 2. The number of nitrogens with one attached hydrogen (secondary N) is 1. The van der Waals surface area contributed by atoms with Gasteiger partial charge in [-0.1, -0.05) is 5.16 Å². The van der Waals surface area contributed by atoms with Crippen LogP contribution in [0.3, 0.4) is 0 Å². The van der Waals surface area contributed by atoms with E-state index in [1.54, 1.807) is 17.9 Å². The zero-order valence-electron chi connectivity index (χ0n) is 11.6. The van der Waals surface area contributed by atoms with E-state index in [-0.39, 0.29) is 23.4 Å². The fourth-order valence-electron chi connectivity index (χ4n) is 2.06. The van der Waals surface area contributed by atoms with Crippen molar-refractivity contribution in [2.24, 2.45) is 5.92 Å². The van der Waals surface area contributed by atoms with Crippen LogP contribution in [0.4, 0.5) is 5.13 Å². The summed E-state index contributed by atoms with van der Waals surface area (Å²) in [7, 11) is 0. The highest BCUT2D eigenvalue weighted by Gasteiger charge is 2.37. The number of amides is 2. The number of hydrogen-bond donors (Lipinski definition) is 1. The molecule has 0 saturated carbocycles. The van der Waals surface area contributed by atoms with Crippen LogP contribution in [0, 0.1) is 19.8 Å². The quantitative estimate of drug-likeness (QED) is 0.927. The predicted octanol–water partition coefficient (Wildman–Crippen LogP) is 1.46. The molecule has 8 heteroatoms. The summed E-state index contributed by atoms with van der Waals surface area (Å²) < 4.78 is 4.88. The van der Waals surface area contributed by atoms with Crippen LogP contribution in [0.2, 0.25) is 0 Å². The number of anilines is 1. The lowest BCUT2D eigenvalue weighted by Gasteiger charge is -2.37. The van der Waals surface area contributed by atoms with Crippen LogP contribution < -0.4 is 5.32 Å². The lowest BCUT2D eigenvalue weighted by molar-refractivity contribution is -0.123. The molecule has 1 saturated heterocycles. The number of carbonyl (C=O) groups is 2. The first-order chi connectivity index (χ1) is 10.0. The van der Waals surface area contributed by atoms with Gasteiger partial charge >= 0.3 is 0 Å². The van der Waals surface area contributed by atoms with Crippen LogP contribution in [0.15, 0.2) is 16.0 Å². The molecule has 110 valence electrons. The third-order valence-corrected chi connectivity index (χ3v) is 4.11. The molecule has 0 spiro atoms. The number of carbonyl (C=O) groups excluding carboxylic acids is 2. The first-order valence-electron chi connectivity index (χ1n) is 6.48. The van der Waals surface area contributed by atoms with E-state index in [2.05, 4.69) is 15.5 Å². The van der Waals surface area contributed by atoms with Crippen molar-refractivity contribution in [3.05, 3.63) is 28.6 Å². The van der Waals surface area contributed by atoms with Gasteiger partial charge in [-0.15, -0.1) is 11.3 Å². The van der Waals surface area contributed by atoms with Crippen LogP contribution >= 0.6 is 11.3 Å². The molecule has 7 nitrogen and oxygen atoms in total. The van der Waals surface area contributed by atoms with Gasteiger partial charge in [0.1, 0.15) is 5.76 Å². The van der Waals surface area contributed by atoms with Gasteiger partial charge in [-0.2, -0.15) is 0 Å². The Bertz CT molecular complexity index is 687. The van der Waals surface area contributed by atoms with Crippen molar-refractivity contribution in [1.82, 2.24) is 15.0 Å². The molecule has 1 aliphatic rings. The van der Waals surface area contributed by atoms with Crippen LogP contribution in [0.1, 0.15) is 21.9 Å². The van der Waals surface area contributed by atoms with Gasteiger partial charge in [0.15, 0.2) is 10.8 Å². The van der Waals surface area contributed by atoms with Crippen LogP contribution in [0.25, 0.3) is 0 Å². The molecule has 0 unspecified atom stereocenters. The minimum absolute atomic E-state index is 0.107. The molecule has 2 amide bonds. The van der Waals surface area contributed by atoms with Gasteiger partial charge in [-0.25, -0.2) is 4.98 Å². The maximum absolute atomic E-state index is 12.0. The number of nitrogens with zero attached hydrogens (tertiary/aromatic N) is 3. The Morgan fingerprint density at radius 2 is 2.19 bits per heavy atom. The van der Waals surface area contributed by atoms with Crippen molar-refractivity contribution in [1.29, 1.82) is 0 Å². The van der Waals surface area contributed by atoms with Gasteiger partial charge in [-0.3, -0.25) is 9.59 Å². The second-order valence-corrected chi connectivity index (χ2v) is 5.87. The summed E-state index contributed by atoms with van der Waals surface area (Å²) in [6, 6.07) is 1.59. The Labute approximate surface area is 124 Å². The number of hydrogen-bond acceptors (Lipinski definition) is 6. The highest BCUT2D eigenvalue weighted by atomic mass is 32.1. The largest absolute Gasteiger partial charge is 0.361 e. The minimum atomic E-state index is -0.207. The maximum atomic E-state index is 12.0. The molecule has 21 heavy (non-hydrogen) atoms. The van der Waals surface area contributed by atoms with E-state index in [0.29, 0.717) is 24.0 Å². The van der Waals surface area contributed by atoms with Crippen LogP contribution in [-0.4, -0.2) is 39.9 Å². The Morgan fingerprint density at radius 3 is 2.76 bits per heavy atom. The number of likely N-dealkylation sites (tertiary alicyclic amines) is 1. The molecule has 0 radical (unpaired) electrons. The van der Waals surface area contributed by atoms with E-state index in [1.165, 1.54) is 11.3 Å². The molecular weight excluding hydrogens is 292 g/mol. The molecule has 3 rings (SSSR count). The van der Waals surface area contributed by atoms with Crippen LogP contribution in [0.5, 0.6) is 0 Å². The van der Waals surface area contributed by atoms with Gasteiger partial charge in [-0.05, 0) is 13.8 Å². The first kappa shape index (κ1) is 13.7. The number of thiazole rings is 1. The molecule has 1 aliphatic heterocycles. The van der Waals surface area contributed by atoms with E-state index in [0.717, 1.165) is 5.69 Å². The highest BCUT2D eigenvalue weighted by molar-refractivity contribution is 7.13. The Balaban J connectivity index is 1.53. The van der Waals surface area contributed by atoms with E-state index in [1.807, 2.05) is 12.3 Å². The Kier molecular flexibility index (Phi) is 3.46. The SMILES string of the molecule is Cc1csc(NC(=O)C2CN(C(=O)c3cc(C)on3)C2)n1. The maximum Gasteiger partial charge on any atom is 0.276 e. The average Bonchev–Trinajstić information content (AvgIpc) is 2.96. The predicted molar refractivity (Wildman–Crippen MR) is 76.1 cm³/mol. The third kappa shape index (κ3) is 2.80.